The molecule has 1 saturated heterocycles. The maximum Gasteiger partial charge on any atom is 0.103 e. The summed E-state index contributed by atoms with van der Waals surface area (Å²) in [6.07, 6.45) is 2.24. The molecule has 1 fully saturated rings. The number of likely N-dealkylation sites (tertiary alicyclic amines) is 1. The van der Waals surface area contributed by atoms with Gasteiger partial charge in [-0.2, -0.15) is 5.26 Å². The second kappa shape index (κ2) is 5.73. The van der Waals surface area contributed by atoms with Crippen molar-refractivity contribution < 1.29 is 0 Å². The van der Waals surface area contributed by atoms with Crippen LogP contribution in [-0.2, 0) is 0 Å². The molecule has 96 valence electrons. The summed E-state index contributed by atoms with van der Waals surface area (Å²) >= 11 is 3.42. The Morgan fingerprint density at radius 3 is 2.94 bits per heavy atom. The van der Waals surface area contributed by atoms with Crippen LogP contribution in [0.4, 0.5) is 5.69 Å². The molecule has 1 aliphatic heterocycles. The number of piperidine rings is 1. The molecule has 3 nitrogen and oxygen atoms in total. The zero-order valence-electron chi connectivity index (χ0n) is 10.8. The number of hydrogen-bond acceptors (Lipinski definition) is 3. The van der Waals surface area contributed by atoms with Gasteiger partial charge in [-0.3, -0.25) is 0 Å². The first-order valence-corrected chi connectivity index (χ1v) is 7.06. The fourth-order valence-electron chi connectivity index (χ4n) is 2.40. The summed E-state index contributed by atoms with van der Waals surface area (Å²) in [6.45, 7) is 3.36. The third kappa shape index (κ3) is 2.85. The number of halogens is 1. The van der Waals surface area contributed by atoms with E-state index in [1.807, 2.05) is 18.2 Å². The molecule has 0 spiro atoms. The van der Waals surface area contributed by atoms with Crippen LogP contribution in [0.15, 0.2) is 22.7 Å². The van der Waals surface area contributed by atoms with Crippen molar-refractivity contribution in [2.75, 3.05) is 18.9 Å². The molecule has 0 bridgehead atoms. The molecule has 2 rings (SSSR count). The highest BCUT2D eigenvalue weighted by atomic mass is 79.9. The Morgan fingerprint density at radius 2 is 2.28 bits per heavy atom. The van der Waals surface area contributed by atoms with Crippen molar-refractivity contribution in [1.29, 1.82) is 5.26 Å². The van der Waals surface area contributed by atoms with Crippen molar-refractivity contribution in [2.24, 2.45) is 0 Å². The van der Waals surface area contributed by atoms with E-state index in [1.165, 1.54) is 0 Å². The van der Waals surface area contributed by atoms with Gasteiger partial charge in [0.05, 0.1) is 11.3 Å². The van der Waals surface area contributed by atoms with E-state index in [4.69, 9.17) is 0 Å². The van der Waals surface area contributed by atoms with Crippen LogP contribution in [0.2, 0.25) is 0 Å². The predicted molar refractivity (Wildman–Crippen MR) is 77.6 cm³/mol. The zero-order valence-corrected chi connectivity index (χ0v) is 12.4. The summed E-state index contributed by atoms with van der Waals surface area (Å²) in [5, 5.41) is 12.7. The van der Waals surface area contributed by atoms with Gasteiger partial charge in [0.2, 0.25) is 0 Å². The smallest absolute Gasteiger partial charge is 0.103 e. The third-order valence-corrected chi connectivity index (χ3v) is 4.35. The van der Waals surface area contributed by atoms with E-state index in [2.05, 4.69) is 46.2 Å². The Kier molecular flexibility index (Phi) is 4.26. The Hall–Kier alpha value is -1.05. The van der Waals surface area contributed by atoms with E-state index in [9.17, 15) is 5.26 Å². The highest BCUT2D eigenvalue weighted by Gasteiger charge is 2.23. The van der Waals surface area contributed by atoms with E-state index in [0.717, 1.165) is 29.5 Å². The summed E-state index contributed by atoms with van der Waals surface area (Å²) < 4.78 is 0.857. The van der Waals surface area contributed by atoms with Crippen molar-refractivity contribution in [3.8, 4) is 6.07 Å². The van der Waals surface area contributed by atoms with Crippen LogP contribution >= 0.6 is 15.9 Å². The largest absolute Gasteiger partial charge is 0.381 e. The SMILES string of the molecule is CC1CC(Nc2cccc(Br)c2C#N)CCN1C. The maximum atomic E-state index is 9.19. The second-order valence-electron chi connectivity index (χ2n) is 4.97. The van der Waals surface area contributed by atoms with E-state index in [0.29, 0.717) is 17.6 Å². The predicted octanol–water partition coefficient (Wildman–Crippen LogP) is 3.22. The van der Waals surface area contributed by atoms with Crippen LogP contribution in [-0.4, -0.2) is 30.6 Å². The molecule has 4 heteroatoms. The zero-order chi connectivity index (χ0) is 13.1. The molecule has 1 aromatic rings. The molecule has 0 saturated carbocycles. The number of nitrogens with zero attached hydrogens (tertiary/aromatic N) is 2. The lowest BCUT2D eigenvalue weighted by Crippen LogP contribution is -2.42. The average molecular weight is 308 g/mol. The number of hydrogen-bond donors (Lipinski definition) is 1. The first kappa shape index (κ1) is 13.4. The Morgan fingerprint density at radius 1 is 1.50 bits per heavy atom. The molecule has 0 aromatic heterocycles. The van der Waals surface area contributed by atoms with Crippen LogP contribution < -0.4 is 5.32 Å². The summed E-state index contributed by atoms with van der Waals surface area (Å²) in [7, 11) is 2.17. The lowest BCUT2D eigenvalue weighted by molar-refractivity contribution is 0.190. The minimum atomic E-state index is 0.456. The van der Waals surface area contributed by atoms with Crippen molar-refractivity contribution in [3.05, 3.63) is 28.2 Å². The number of anilines is 1. The molecule has 0 radical (unpaired) electrons. The van der Waals surface area contributed by atoms with Gasteiger partial charge in [-0.05, 0) is 54.9 Å². The monoisotopic (exact) mass is 307 g/mol. The molecular weight excluding hydrogens is 290 g/mol. The maximum absolute atomic E-state index is 9.19. The van der Waals surface area contributed by atoms with E-state index in [-0.39, 0.29) is 0 Å². The lowest BCUT2D eigenvalue weighted by atomic mass is 9.98. The number of nitrogens with one attached hydrogen (secondary N) is 1. The average Bonchev–Trinajstić information content (AvgIpc) is 2.34. The summed E-state index contributed by atoms with van der Waals surface area (Å²) in [4.78, 5) is 2.38. The van der Waals surface area contributed by atoms with Gasteiger partial charge >= 0.3 is 0 Å². The Balaban J connectivity index is 2.11. The molecular formula is C14H18BrN3. The fraction of sp³-hybridized carbons (Fsp3) is 0.500. The lowest BCUT2D eigenvalue weighted by Gasteiger charge is -2.36. The van der Waals surface area contributed by atoms with E-state index < -0.39 is 0 Å². The molecule has 1 heterocycles. The minimum Gasteiger partial charge on any atom is -0.381 e. The van der Waals surface area contributed by atoms with Gasteiger partial charge in [0.1, 0.15) is 6.07 Å². The molecule has 0 aliphatic carbocycles. The Bertz CT molecular complexity index is 467. The van der Waals surface area contributed by atoms with Gasteiger partial charge < -0.3 is 10.2 Å². The summed E-state index contributed by atoms with van der Waals surface area (Å²) in [5.74, 6) is 0. The summed E-state index contributed by atoms with van der Waals surface area (Å²) in [5.41, 5.74) is 1.64. The highest BCUT2D eigenvalue weighted by Crippen LogP contribution is 2.26. The van der Waals surface area contributed by atoms with Crippen molar-refractivity contribution in [2.45, 2.75) is 31.8 Å². The van der Waals surface area contributed by atoms with Crippen LogP contribution in [0.1, 0.15) is 25.3 Å². The van der Waals surface area contributed by atoms with Crippen LogP contribution in [0.25, 0.3) is 0 Å². The van der Waals surface area contributed by atoms with Crippen LogP contribution in [0.3, 0.4) is 0 Å². The topological polar surface area (TPSA) is 39.1 Å². The van der Waals surface area contributed by atoms with Gasteiger partial charge in [-0.1, -0.05) is 6.07 Å². The first-order chi connectivity index (χ1) is 8.61. The second-order valence-corrected chi connectivity index (χ2v) is 5.82. The molecule has 0 amide bonds. The van der Waals surface area contributed by atoms with Crippen LogP contribution in [0.5, 0.6) is 0 Å². The molecule has 2 unspecified atom stereocenters. The molecule has 1 aromatic carbocycles. The number of benzene rings is 1. The van der Waals surface area contributed by atoms with Gasteiger partial charge in [0.25, 0.3) is 0 Å². The van der Waals surface area contributed by atoms with Gasteiger partial charge in [-0.15, -0.1) is 0 Å². The van der Waals surface area contributed by atoms with Crippen molar-refractivity contribution in [1.82, 2.24) is 4.90 Å². The van der Waals surface area contributed by atoms with Crippen LogP contribution in [0, 0.1) is 11.3 Å². The third-order valence-electron chi connectivity index (χ3n) is 3.69. The summed E-state index contributed by atoms with van der Waals surface area (Å²) in [6, 6.07) is 9.15. The van der Waals surface area contributed by atoms with Gasteiger partial charge in [0, 0.05) is 23.1 Å². The quantitative estimate of drug-likeness (QED) is 0.912. The minimum absolute atomic E-state index is 0.456. The highest BCUT2D eigenvalue weighted by molar-refractivity contribution is 9.10. The normalized spacial score (nSPS) is 24.6. The van der Waals surface area contributed by atoms with Crippen molar-refractivity contribution in [3.63, 3.8) is 0 Å². The fourth-order valence-corrected chi connectivity index (χ4v) is 2.85. The van der Waals surface area contributed by atoms with E-state index >= 15 is 0 Å². The van der Waals surface area contributed by atoms with Crippen molar-refractivity contribution >= 4 is 21.6 Å². The van der Waals surface area contributed by atoms with Gasteiger partial charge in [-0.25, -0.2) is 0 Å². The molecule has 2 atom stereocenters. The first-order valence-electron chi connectivity index (χ1n) is 6.27. The standard InChI is InChI=1S/C14H18BrN3/c1-10-8-11(6-7-18(10)2)17-14-5-3-4-13(15)12(14)9-16/h3-5,10-11,17H,6-8H2,1-2H3. The Labute approximate surface area is 117 Å². The molecule has 1 aliphatic rings. The molecule has 1 N–H and O–H groups in total. The van der Waals surface area contributed by atoms with Gasteiger partial charge in [0.15, 0.2) is 0 Å². The van der Waals surface area contributed by atoms with E-state index in [1.54, 1.807) is 0 Å². The number of rotatable bonds is 2. The number of nitriles is 1. The molecule has 18 heavy (non-hydrogen) atoms.